The maximum atomic E-state index is 12.3. The number of rotatable bonds is 3. The van der Waals surface area contributed by atoms with Crippen molar-refractivity contribution in [3.05, 3.63) is 35.9 Å². The molecule has 2 amide bonds. The molecule has 4 nitrogen and oxygen atoms in total. The number of aliphatic hydroxyl groups excluding tert-OH is 1. The van der Waals surface area contributed by atoms with E-state index < -0.39 is 6.04 Å². The largest absolute Gasteiger partial charge is 0.394 e. The molecule has 4 heteroatoms. The minimum atomic E-state index is -0.551. The zero-order chi connectivity index (χ0) is 13.8. The molecule has 3 atom stereocenters. The summed E-state index contributed by atoms with van der Waals surface area (Å²) in [5, 5.41) is 9.56. The quantitative estimate of drug-likeness (QED) is 0.834. The van der Waals surface area contributed by atoms with Gasteiger partial charge in [-0.15, -0.1) is 0 Å². The van der Waals surface area contributed by atoms with Crippen molar-refractivity contribution in [2.24, 2.45) is 17.3 Å². The van der Waals surface area contributed by atoms with Crippen molar-refractivity contribution in [2.45, 2.75) is 19.9 Å². The Morgan fingerprint density at radius 2 is 1.68 bits per heavy atom. The van der Waals surface area contributed by atoms with Crippen LogP contribution in [0.1, 0.15) is 25.5 Å². The smallest absolute Gasteiger partial charge is 0.234 e. The fraction of sp³-hybridized carbons (Fsp3) is 0.467. The number of amides is 2. The highest BCUT2D eigenvalue weighted by Gasteiger charge is 2.73. The summed E-state index contributed by atoms with van der Waals surface area (Å²) in [5.74, 6) is -0.665. The van der Waals surface area contributed by atoms with E-state index in [-0.39, 0.29) is 35.7 Å². The Hall–Kier alpha value is -1.68. The predicted octanol–water partition coefficient (Wildman–Crippen LogP) is 1.36. The monoisotopic (exact) mass is 259 g/mol. The van der Waals surface area contributed by atoms with Crippen molar-refractivity contribution in [3.63, 3.8) is 0 Å². The summed E-state index contributed by atoms with van der Waals surface area (Å²) in [5.41, 5.74) is 0.590. The van der Waals surface area contributed by atoms with E-state index in [1.54, 1.807) is 0 Å². The van der Waals surface area contributed by atoms with Crippen molar-refractivity contribution >= 4 is 11.8 Å². The molecule has 1 aliphatic heterocycles. The molecule has 1 N–H and O–H groups in total. The van der Waals surface area contributed by atoms with E-state index >= 15 is 0 Å². The number of hydrogen-bond donors (Lipinski definition) is 1. The maximum absolute atomic E-state index is 12.3. The zero-order valence-corrected chi connectivity index (χ0v) is 11.0. The molecule has 100 valence electrons. The van der Waals surface area contributed by atoms with Crippen LogP contribution in [-0.4, -0.2) is 28.4 Å². The van der Waals surface area contributed by atoms with Crippen molar-refractivity contribution < 1.29 is 14.7 Å². The van der Waals surface area contributed by atoms with Gasteiger partial charge in [-0.2, -0.15) is 0 Å². The van der Waals surface area contributed by atoms with Crippen LogP contribution in [0.2, 0.25) is 0 Å². The standard InChI is InChI=1S/C15H17NO3/c1-15(2)11-12(15)14(19)16(13(11)18)10(8-17)9-6-4-3-5-7-9/h3-7,10-12,17H,8H2,1-2H3/t10-,11?,12?/m0/s1. The van der Waals surface area contributed by atoms with Crippen molar-refractivity contribution in [2.75, 3.05) is 6.61 Å². The first-order chi connectivity index (χ1) is 9.00. The Bertz CT molecular complexity index is 514. The zero-order valence-electron chi connectivity index (χ0n) is 11.0. The van der Waals surface area contributed by atoms with Crippen LogP contribution < -0.4 is 0 Å². The van der Waals surface area contributed by atoms with Gasteiger partial charge in [-0.05, 0) is 11.0 Å². The van der Waals surface area contributed by atoms with Gasteiger partial charge in [0.15, 0.2) is 0 Å². The molecule has 0 aromatic heterocycles. The van der Waals surface area contributed by atoms with E-state index in [9.17, 15) is 14.7 Å². The van der Waals surface area contributed by atoms with Gasteiger partial charge in [0.2, 0.25) is 11.8 Å². The molecule has 1 saturated carbocycles. The minimum Gasteiger partial charge on any atom is -0.394 e. The van der Waals surface area contributed by atoms with Crippen LogP contribution in [0.5, 0.6) is 0 Å². The van der Waals surface area contributed by atoms with Crippen molar-refractivity contribution in [1.29, 1.82) is 0 Å². The van der Waals surface area contributed by atoms with Gasteiger partial charge in [0.05, 0.1) is 24.5 Å². The molecular formula is C15H17NO3. The summed E-state index contributed by atoms with van der Waals surface area (Å²) in [6.45, 7) is 3.67. The number of likely N-dealkylation sites (tertiary alicyclic amines) is 1. The third-order valence-corrected chi connectivity index (χ3v) is 4.50. The molecule has 0 spiro atoms. The van der Waals surface area contributed by atoms with Gasteiger partial charge >= 0.3 is 0 Å². The van der Waals surface area contributed by atoms with E-state index in [0.29, 0.717) is 0 Å². The lowest BCUT2D eigenvalue weighted by Gasteiger charge is -2.28. The van der Waals surface area contributed by atoms with Crippen LogP contribution in [0.25, 0.3) is 0 Å². The first-order valence-corrected chi connectivity index (χ1v) is 6.53. The summed E-state index contributed by atoms with van der Waals surface area (Å²) in [6, 6.07) is 8.66. The van der Waals surface area contributed by atoms with Gasteiger partial charge in [-0.25, -0.2) is 0 Å². The summed E-state index contributed by atoms with van der Waals surface area (Å²) in [6.07, 6.45) is 0. The van der Waals surface area contributed by atoms with Crippen LogP contribution in [0.3, 0.4) is 0 Å². The van der Waals surface area contributed by atoms with Crippen LogP contribution in [0.15, 0.2) is 30.3 Å². The van der Waals surface area contributed by atoms with E-state index in [2.05, 4.69) is 0 Å². The van der Waals surface area contributed by atoms with E-state index in [0.717, 1.165) is 5.56 Å². The molecule has 1 aliphatic carbocycles. The number of carbonyl (C=O) groups excluding carboxylic acids is 2. The minimum absolute atomic E-state index is 0.136. The third kappa shape index (κ3) is 1.56. The number of hydrogen-bond acceptors (Lipinski definition) is 3. The summed E-state index contributed by atoms with van der Waals surface area (Å²) >= 11 is 0. The topological polar surface area (TPSA) is 57.6 Å². The van der Waals surface area contributed by atoms with Gasteiger partial charge in [0, 0.05) is 0 Å². The summed E-state index contributed by atoms with van der Waals surface area (Å²) < 4.78 is 0. The molecule has 1 heterocycles. The summed E-state index contributed by atoms with van der Waals surface area (Å²) in [7, 11) is 0. The predicted molar refractivity (Wildman–Crippen MR) is 68.9 cm³/mol. The van der Waals surface area contributed by atoms with Gasteiger partial charge in [0.1, 0.15) is 0 Å². The number of imide groups is 1. The van der Waals surface area contributed by atoms with Crippen LogP contribution in [0.4, 0.5) is 0 Å². The highest BCUT2D eigenvalue weighted by atomic mass is 16.3. The lowest BCUT2D eigenvalue weighted by atomic mass is 10.0. The maximum Gasteiger partial charge on any atom is 0.234 e. The normalized spacial score (nSPS) is 29.3. The second-order valence-corrected chi connectivity index (χ2v) is 5.93. The Morgan fingerprint density at radius 3 is 2.16 bits per heavy atom. The number of piperidine rings is 1. The van der Waals surface area contributed by atoms with Gasteiger partial charge in [-0.1, -0.05) is 44.2 Å². The number of carbonyl (C=O) groups is 2. The van der Waals surface area contributed by atoms with E-state index in [1.807, 2.05) is 44.2 Å². The van der Waals surface area contributed by atoms with E-state index in [1.165, 1.54) is 4.90 Å². The fourth-order valence-electron chi connectivity index (χ4n) is 3.29. The Labute approximate surface area is 112 Å². The number of benzene rings is 1. The SMILES string of the molecule is CC1(C)C2C(=O)N([C@@H](CO)c3ccccc3)C(=O)C21. The molecule has 3 rings (SSSR count). The lowest BCUT2D eigenvalue weighted by Crippen LogP contribution is -2.40. The van der Waals surface area contributed by atoms with Crippen molar-refractivity contribution in [3.8, 4) is 0 Å². The first-order valence-electron chi connectivity index (χ1n) is 6.53. The number of fused-ring (bicyclic) bond motifs is 1. The average molecular weight is 259 g/mol. The van der Waals surface area contributed by atoms with Crippen LogP contribution in [0, 0.1) is 17.3 Å². The van der Waals surface area contributed by atoms with Crippen molar-refractivity contribution in [1.82, 2.24) is 4.90 Å². The van der Waals surface area contributed by atoms with Crippen LogP contribution >= 0.6 is 0 Å². The average Bonchev–Trinajstić information content (AvgIpc) is 2.86. The highest BCUT2D eigenvalue weighted by Crippen LogP contribution is 2.64. The van der Waals surface area contributed by atoms with Crippen LogP contribution in [-0.2, 0) is 9.59 Å². The Balaban J connectivity index is 1.91. The fourth-order valence-corrected chi connectivity index (χ4v) is 3.29. The molecule has 0 radical (unpaired) electrons. The molecule has 0 bridgehead atoms. The molecule has 2 fully saturated rings. The Kier molecular flexibility index (Phi) is 2.54. The Morgan fingerprint density at radius 1 is 1.16 bits per heavy atom. The van der Waals surface area contributed by atoms with Gasteiger partial charge < -0.3 is 5.11 Å². The molecular weight excluding hydrogens is 242 g/mol. The van der Waals surface area contributed by atoms with Gasteiger partial charge in [-0.3, -0.25) is 14.5 Å². The lowest BCUT2D eigenvalue weighted by molar-refractivity contribution is -0.147. The highest BCUT2D eigenvalue weighted by molar-refractivity contribution is 6.10. The first kappa shape index (κ1) is 12.4. The number of aliphatic hydroxyl groups is 1. The second-order valence-electron chi connectivity index (χ2n) is 5.93. The molecule has 1 saturated heterocycles. The third-order valence-electron chi connectivity index (χ3n) is 4.50. The number of nitrogens with zero attached hydrogens (tertiary/aromatic N) is 1. The summed E-state index contributed by atoms with van der Waals surface area (Å²) in [4.78, 5) is 25.9. The molecule has 1 aromatic carbocycles. The molecule has 1 aromatic rings. The molecule has 19 heavy (non-hydrogen) atoms. The van der Waals surface area contributed by atoms with E-state index in [4.69, 9.17) is 0 Å². The second kappa shape index (κ2) is 3.90. The molecule has 2 aliphatic rings. The van der Waals surface area contributed by atoms with Gasteiger partial charge in [0.25, 0.3) is 0 Å². The molecule has 2 unspecified atom stereocenters.